The zero-order chi connectivity index (χ0) is 30.2. The van der Waals surface area contributed by atoms with Crippen molar-refractivity contribution >= 4 is 34.7 Å². The van der Waals surface area contributed by atoms with Crippen LogP contribution in [0.5, 0.6) is 5.75 Å². The fourth-order valence-electron chi connectivity index (χ4n) is 5.19. The summed E-state index contributed by atoms with van der Waals surface area (Å²) in [5.74, 6) is 0.209. The molecule has 0 atom stereocenters. The highest BCUT2D eigenvalue weighted by molar-refractivity contribution is 6.04. The van der Waals surface area contributed by atoms with Crippen LogP contribution in [0, 0.1) is 5.82 Å². The van der Waals surface area contributed by atoms with Crippen LogP contribution in [0.4, 0.5) is 31.9 Å². The van der Waals surface area contributed by atoms with Crippen LogP contribution >= 0.6 is 0 Å². The molecule has 1 aliphatic heterocycles. The van der Waals surface area contributed by atoms with E-state index in [2.05, 4.69) is 32.7 Å². The number of anilines is 4. The van der Waals surface area contributed by atoms with Gasteiger partial charge in [0.25, 0.3) is 5.91 Å². The molecule has 0 aliphatic carbocycles. The number of benzene rings is 4. The number of rotatable bonds is 9. The molecule has 4 aromatic carbocycles. The number of methoxy groups -OCH3 is 1. The van der Waals surface area contributed by atoms with Crippen molar-refractivity contribution in [3.05, 3.63) is 114 Å². The molecule has 222 valence electrons. The minimum absolute atomic E-state index is 0.242. The highest BCUT2D eigenvalue weighted by atomic mass is 19.1. The van der Waals surface area contributed by atoms with E-state index < -0.39 is 6.03 Å². The van der Waals surface area contributed by atoms with Crippen molar-refractivity contribution in [2.75, 3.05) is 53.7 Å². The summed E-state index contributed by atoms with van der Waals surface area (Å²) in [6.45, 7) is 5.18. The first-order chi connectivity index (χ1) is 20.9. The predicted octanol–water partition coefficient (Wildman–Crippen LogP) is 6.30. The van der Waals surface area contributed by atoms with Gasteiger partial charge >= 0.3 is 6.03 Å². The van der Waals surface area contributed by atoms with Gasteiger partial charge in [0.05, 0.1) is 18.4 Å². The predicted molar refractivity (Wildman–Crippen MR) is 170 cm³/mol. The van der Waals surface area contributed by atoms with Crippen LogP contribution in [-0.2, 0) is 13.0 Å². The number of carbonyl (C=O) groups is 2. The molecule has 3 N–H and O–H groups in total. The molecule has 0 radical (unpaired) electrons. The third-order valence-corrected chi connectivity index (χ3v) is 7.50. The van der Waals surface area contributed by atoms with E-state index >= 15 is 0 Å². The van der Waals surface area contributed by atoms with Crippen LogP contribution in [0.25, 0.3) is 0 Å². The van der Waals surface area contributed by atoms with Crippen molar-refractivity contribution in [2.45, 2.75) is 19.9 Å². The summed E-state index contributed by atoms with van der Waals surface area (Å²) in [6, 6.07) is 26.6. The van der Waals surface area contributed by atoms with Gasteiger partial charge in [0.1, 0.15) is 11.6 Å². The first-order valence-electron chi connectivity index (χ1n) is 14.4. The fourth-order valence-corrected chi connectivity index (χ4v) is 5.19. The summed E-state index contributed by atoms with van der Waals surface area (Å²) in [7, 11) is 1.67. The van der Waals surface area contributed by atoms with E-state index in [-0.39, 0.29) is 18.3 Å². The number of urea groups is 1. The van der Waals surface area contributed by atoms with Gasteiger partial charge in [0, 0.05) is 49.8 Å². The molecular formula is C34H36FN5O3. The summed E-state index contributed by atoms with van der Waals surface area (Å²) in [6.07, 6.45) is 0.863. The molecule has 0 unspecified atom stereocenters. The van der Waals surface area contributed by atoms with Gasteiger partial charge < -0.3 is 30.5 Å². The maximum atomic E-state index is 13.6. The van der Waals surface area contributed by atoms with Crippen LogP contribution in [0.1, 0.15) is 28.4 Å². The quantitative estimate of drug-likeness (QED) is 0.216. The number of para-hydroxylation sites is 2. The molecule has 1 saturated heterocycles. The molecule has 3 amide bonds. The van der Waals surface area contributed by atoms with Gasteiger partial charge in [0.15, 0.2) is 0 Å². The standard InChI is InChI=1S/C34H36FN5O3/c1-3-24-7-6-8-27(21-24)37-34(42)38-28-15-16-30(29(22-28)33(41)36-23-25-11-13-26(35)14-12-25)39-17-19-40(20-18-39)31-9-4-5-10-32(31)43-2/h4-16,21-22H,3,17-20,23H2,1-2H3,(H,36,41)(H2,37,38,42). The SMILES string of the molecule is CCc1cccc(NC(=O)Nc2ccc(N3CCN(c4ccccc4OC)CC3)c(C(=O)NCc3ccc(F)cc3)c2)c1. The van der Waals surface area contributed by atoms with Gasteiger partial charge in [-0.1, -0.05) is 43.3 Å². The largest absolute Gasteiger partial charge is 0.495 e. The molecule has 9 heteroatoms. The number of hydrogen-bond donors (Lipinski definition) is 3. The molecule has 0 bridgehead atoms. The van der Waals surface area contributed by atoms with E-state index in [9.17, 15) is 14.0 Å². The van der Waals surface area contributed by atoms with Crippen LogP contribution in [0.3, 0.4) is 0 Å². The topological polar surface area (TPSA) is 85.9 Å². The van der Waals surface area contributed by atoms with Gasteiger partial charge in [-0.3, -0.25) is 4.79 Å². The molecule has 0 aromatic heterocycles. The third kappa shape index (κ3) is 7.43. The highest BCUT2D eigenvalue weighted by Gasteiger charge is 2.24. The van der Waals surface area contributed by atoms with E-state index in [4.69, 9.17) is 4.74 Å². The Hall–Kier alpha value is -5.05. The van der Waals surface area contributed by atoms with Crippen molar-refractivity contribution in [2.24, 2.45) is 0 Å². The Balaban J connectivity index is 1.33. The van der Waals surface area contributed by atoms with E-state index in [1.165, 1.54) is 12.1 Å². The second-order valence-electron chi connectivity index (χ2n) is 10.3. The number of ether oxygens (including phenoxy) is 1. The van der Waals surface area contributed by atoms with Crippen molar-refractivity contribution in [3.8, 4) is 5.75 Å². The number of nitrogens with zero attached hydrogens (tertiary/aromatic N) is 2. The zero-order valence-electron chi connectivity index (χ0n) is 24.4. The van der Waals surface area contributed by atoms with E-state index in [1.807, 2.05) is 54.6 Å². The summed E-state index contributed by atoms with van der Waals surface area (Å²) >= 11 is 0. The average Bonchev–Trinajstić information content (AvgIpc) is 3.04. The molecule has 4 aromatic rings. The second kappa shape index (κ2) is 13.7. The fraction of sp³-hybridized carbons (Fsp3) is 0.235. The molecule has 43 heavy (non-hydrogen) atoms. The summed E-state index contributed by atoms with van der Waals surface area (Å²) in [5, 5.41) is 8.68. The van der Waals surface area contributed by atoms with E-state index in [0.29, 0.717) is 30.0 Å². The van der Waals surface area contributed by atoms with Crippen molar-refractivity contribution in [3.63, 3.8) is 0 Å². The number of nitrogens with one attached hydrogen (secondary N) is 3. The number of carbonyl (C=O) groups excluding carboxylic acids is 2. The number of amides is 3. The number of aryl methyl sites for hydroxylation is 1. The molecular weight excluding hydrogens is 545 g/mol. The van der Waals surface area contributed by atoms with E-state index in [0.717, 1.165) is 47.8 Å². The molecule has 8 nitrogen and oxygen atoms in total. The van der Waals surface area contributed by atoms with E-state index in [1.54, 1.807) is 31.4 Å². The maximum absolute atomic E-state index is 13.6. The maximum Gasteiger partial charge on any atom is 0.323 e. The lowest BCUT2D eigenvalue weighted by atomic mass is 10.1. The van der Waals surface area contributed by atoms with Crippen LogP contribution in [0.2, 0.25) is 0 Å². The number of halogens is 1. The monoisotopic (exact) mass is 581 g/mol. The Morgan fingerprint density at radius 1 is 0.767 bits per heavy atom. The van der Waals surface area contributed by atoms with Crippen molar-refractivity contribution in [1.29, 1.82) is 0 Å². The molecule has 1 aliphatic rings. The summed E-state index contributed by atoms with van der Waals surface area (Å²) < 4.78 is 18.9. The van der Waals surface area contributed by atoms with Crippen LogP contribution < -0.4 is 30.5 Å². The molecule has 1 heterocycles. The second-order valence-corrected chi connectivity index (χ2v) is 10.3. The lowest BCUT2D eigenvalue weighted by Gasteiger charge is -2.38. The first kappa shape index (κ1) is 29.4. The van der Waals surface area contributed by atoms with Crippen LogP contribution in [-0.4, -0.2) is 45.2 Å². The van der Waals surface area contributed by atoms with Crippen LogP contribution in [0.15, 0.2) is 91.0 Å². The van der Waals surface area contributed by atoms with Crippen molar-refractivity contribution in [1.82, 2.24) is 5.32 Å². The average molecular weight is 582 g/mol. The smallest absolute Gasteiger partial charge is 0.323 e. The number of hydrogen-bond acceptors (Lipinski definition) is 5. The zero-order valence-corrected chi connectivity index (χ0v) is 24.4. The number of piperazine rings is 1. The summed E-state index contributed by atoms with van der Waals surface area (Å²) in [5.41, 5.74) is 5.34. The molecule has 5 rings (SSSR count). The minimum atomic E-state index is -0.399. The lowest BCUT2D eigenvalue weighted by Crippen LogP contribution is -2.47. The Bertz CT molecular complexity index is 1570. The van der Waals surface area contributed by atoms with Gasteiger partial charge in [-0.05, 0) is 72.1 Å². The van der Waals surface area contributed by atoms with Crippen molar-refractivity contribution < 1.29 is 18.7 Å². The molecule has 1 fully saturated rings. The normalized spacial score (nSPS) is 12.9. The van der Waals surface area contributed by atoms with Gasteiger partial charge in [-0.25, -0.2) is 9.18 Å². The Kier molecular flexibility index (Phi) is 9.41. The van der Waals surface area contributed by atoms with Gasteiger partial charge in [-0.2, -0.15) is 0 Å². The highest BCUT2D eigenvalue weighted by Crippen LogP contribution is 2.31. The summed E-state index contributed by atoms with van der Waals surface area (Å²) in [4.78, 5) is 30.8. The Morgan fingerprint density at radius 3 is 2.14 bits per heavy atom. The Labute approximate surface area is 251 Å². The van der Waals surface area contributed by atoms with Gasteiger partial charge in [0.2, 0.25) is 0 Å². The lowest BCUT2D eigenvalue weighted by molar-refractivity contribution is 0.0951. The minimum Gasteiger partial charge on any atom is -0.495 e. The first-order valence-corrected chi connectivity index (χ1v) is 14.4. The van der Waals surface area contributed by atoms with Gasteiger partial charge in [-0.15, -0.1) is 0 Å². The third-order valence-electron chi connectivity index (χ3n) is 7.50. The molecule has 0 spiro atoms. The Morgan fingerprint density at radius 2 is 1.44 bits per heavy atom. The molecule has 0 saturated carbocycles.